The van der Waals surface area contributed by atoms with Crippen LogP contribution in [-0.4, -0.2) is 21.8 Å². The molecular weight excluding hydrogens is 254 g/mol. The molecule has 0 atom stereocenters. The zero-order chi connectivity index (χ0) is 13.9. The largest absolute Gasteiger partial charge is 0.322 e. The van der Waals surface area contributed by atoms with Crippen LogP contribution in [0.4, 0.5) is 5.69 Å². The number of hydrogen-bond donors (Lipinski definition) is 1. The van der Waals surface area contributed by atoms with E-state index in [9.17, 15) is 9.59 Å². The van der Waals surface area contributed by atoms with E-state index in [2.05, 4.69) is 10.4 Å². The Morgan fingerprint density at radius 2 is 2.10 bits per heavy atom. The van der Waals surface area contributed by atoms with Gasteiger partial charge in [-0.05, 0) is 24.3 Å². The number of nitrogens with one attached hydrogen (secondary N) is 1. The highest BCUT2D eigenvalue weighted by molar-refractivity contribution is 6.08. The van der Waals surface area contributed by atoms with Crippen molar-refractivity contribution in [2.45, 2.75) is 0 Å². The number of aldehydes is 1. The number of amides is 1. The SMILES string of the molecule is O=Cc1cccc(NC(=O)c2cnn3ccccc23)c1. The van der Waals surface area contributed by atoms with Gasteiger partial charge in [-0.2, -0.15) is 5.10 Å². The maximum Gasteiger partial charge on any atom is 0.259 e. The molecule has 0 aliphatic carbocycles. The van der Waals surface area contributed by atoms with E-state index in [-0.39, 0.29) is 5.91 Å². The molecule has 0 aliphatic heterocycles. The lowest BCUT2D eigenvalue weighted by molar-refractivity contribution is 0.102. The Labute approximate surface area is 114 Å². The predicted molar refractivity (Wildman–Crippen MR) is 75.0 cm³/mol. The number of carbonyl (C=O) groups is 2. The first-order valence-electron chi connectivity index (χ1n) is 6.07. The highest BCUT2D eigenvalue weighted by Crippen LogP contribution is 2.14. The molecule has 1 aromatic carbocycles. The summed E-state index contributed by atoms with van der Waals surface area (Å²) in [7, 11) is 0. The highest BCUT2D eigenvalue weighted by atomic mass is 16.1. The van der Waals surface area contributed by atoms with Crippen molar-refractivity contribution in [1.82, 2.24) is 9.61 Å². The summed E-state index contributed by atoms with van der Waals surface area (Å²) in [6, 6.07) is 12.3. The molecule has 0 spiro atoms. The summed E-state index contributed by atoms with van der Waals surface area (Å²) in [5, 5.41) is 6.87. The molecule has 0 saturated heterocycles. The first-order chi connectivity index (χ1) is 9.78. The summed E-state index contributed by atoms with van der Waals surface area (Å²) in [4.78, 5) is 23.0. The normalized spacial score (nSPS) is 10.4. The lowest BCUT2D eigenvalue weighted by Gasteiger charge is -2.04. The van der Waals surface area contributed by atoms with Gasteiger partial charge in [-0.3, -0.25) is 9.59 Å². The van der Waals surface area contributed by atoms with Gasteiger partial charge in [-0.1, -0.05) is 18.2 Å². The monoisotopic (exact) mass is 265 g/mol. The van der Waals surface area contributed by atoms with Crippen LogP contribution < -0.4 is 5.32 Å². The number of hydrogen-bond acceptors (Lipinski definition) is 3. The number of aromatic nitrogens is 2. The zero-order valence-electron chi connectivity index (χ0n) is 10.5. The minimum Gasteiger partial charge on any atom is -0.322 e. The molecule has 0 radical (unpaired) electrons. The molecule has 3 rings (SSSR count). The van der Waals surface area contributed by atoms with Crippen LogP contribution >= 0.6 is 0 Å². The molecular formula is C15H11N3O2. The number of pyridine rings is 1. The molecule has 5 nitrogen and oxygen atoms in total. The Morgan fingerprint density at radius 3 is 2.95 bits per heavy atom. The molecule has 5 heteroatoms. The Morgan fingerprint density at radius 1 is 1.20 bits per heavy atom. The fourth-order valence-electron chi connectivity index (χ4n) is 2.00. The van der Waals surface area contributed by atoms with Crippen LogP contribution in [0.25, 0.3) is 5.52 Å². The lowest BCUT2D eigenvalue weighted by atomic mass is 10.2. The number of anilines is 1. The second-order valence-corrected chi connectivity index (χ2v) is 4.29. The van der Waals surface area contributed by atoms with E-state index >= 15 is 0 Å². The van der Waals surface area contributed by atoms with Crippen molar-refractivity contribution in [1.29, 1.82) is 0 Å². The van der Waals surface area contributed by atoms with Crippen LogP contribution in [0.3, 0.4) is 0 Å². The molecule has 0 bridgehead atoms. The molecule has 2 heterocycles. The third-order valence-corrected chi connectivity index (χ3v) is 2.95. The van der Waals surface area contributed by atoms with Crippen LogP contribution in [0, 0.1) is 0 Å². The smallest absolute Gasteiger partial charge is 0.259 e. The minimum absolute atomic E-state index is 0.255. The average molecular weight is 265 g/mol. The van der Waals surface area contributed by atoms with E-state index < -0.39 is 0 Å². The molecule has 98 valence electrons. The van der Waals surface area contributed by atoms with Gasteiger partial charge in [-0.15, -0.1) is 0 Å². The van der Waals surface area contributed by atoms with E-state index in [4.69, 9.17) is 0 Å². The first kappa shape index (κ1) is 12.1. The second-order valence-electron chi connectivity index (χ2n) is 4.29. The van der Waals surface area contributed by atoms with Crippen LogP contribution in [0.1, 0.15) is 20.7 Å². The maximum atomic E-state index is 12.2. The summed E-state index contributed by atoms with van der Waals surface area (Å²) >= 11 is 0. The number of fused-ring (bicyclic) bond motifs is 1. The quantitative estimate of drug-likeness (QED) is 0.739. The maximum absolute atomic E-state index is 12.2. The van der Waals surface area contributed by atoms with Crippen molar-refractivity contribution in [3.05, 3.63) is 66.0 Å². The predicted octanol–water partition coefficient (Wildman–Crippen LogP) is 2.40. The van der Waals surface area contributed by atoms with Crippen LogP contribution in [-0.2, 0) is 0 Å². The van der Waals surface area contributed by atoms with Crippen molar-refractivity contribution in [3.63, 3.8) is 0 Å². The summed E-state index contributed by atoms with van der Waals surface area (Å²) in [5.74, 6) is -0.255. The molecule has 1 amide bonds. The molecule has 1 N–H and O–H groups in total. The summed E-state index contributed by atoms with van der Waals surface area (Å²) in [6.07, 6.45) is 4.04. The lowest BCUT2D eigenvalue weighted by Crippen LogP contribution is -2.11. The number of nitrogens with zero attached hydrogens (tertiary/aromatic N) is 2. The highest BCUT2D eigenvalue weighted by Gasteiger charge is 2.12. The molecule has 2 aromatic heterocycles. The average Bonchev–Trinajstić information content (AvgIpc) is 2.91. The van der Waals surface area contributed by atoms with Crippen molar-refractivity contribution < 1.29 is 9.59 Å². The van der Waals surface area contributed by atoms with Gasteiger partial charge in [-0.25, -0.2) is 4.52 Å². The van der Waals surface area contributed by atoms with Gasteiger partial charge in [0.05, 0.1) is 17.3 Å². The minimum atomic E-state index is -0.255. The van der Waals surface area contributed by atoms with Gasteiger partial charge >= 0.3 is 0 Å². The molecule has 0 fully saturated rings. The van der Waals surface area contributed by atoms with E-state index in [0.29, 0.717) is 16.8 Å². The molecule has 0 saturated carbocycles. The van der Waals surface area contributed by atoms with Crippen molar-refractivity contribution in [2.75, 3.05) is 5.32 Å². The van der Waals surface area contributed by atoms with Gasteiger partial charge in [0.25, 0.3) is 5.91 Å². The van der Waals surface area contributed by atoms with Gasteiger partial charge in [0.1, 0.15) is 6.29 Å². The van der Waals surface area contributed by atoms with E-state index in [1.165, 1.54) is 6.20 Å². The van der Waals surface area contributed by atoms with Crippen LogP contribution in [0.15, 0.2) is 54.9 Å². The Balaban J connectivity index is 1.91. The van der Waals surface area contributed by atoms with E-state index in [0.717, 1.165) is 11.8 Å². The van der Waals surface area contributed by atoms with E-state index in [1.54, 1.807) is 35.0 Å². The summed E-state index contributed by atoms with van der Waals surface area (Å²) in [6.45, 7) is 0. The van der Waals surface area contributed by atoms with Crippen LogP contribution in [0.5, 0.6) is 0 Å². The van der Waals surface area contributed by atoms with Crippen molar-refractivity contribution >= 4 is 23.4 Å². The number of benzene rings is 1. The summed E-state index contributed by atoms with van der Waals surface area (Å²) < 4.78 is 1.64. The van der Waals surface area contributed by atoms with Crippen molar-refractivity contribution in [3.8, 4) is 0 Å². The Kier molecular flexibility index (Phi) is 3.01. The first-order valence-corrected chi connectivity index (χ1v) is 6.07. The molecule has 3 aromatic rings. The number of rotatable bonds is 3. The van der Waals surface area contributed by atoms with Gasteiger partial charge < -0.3 is 5.32 Å². The summed E-state index contributed by atoms with van der Waals surface area (Å²) in [5.41, 5.74) is 2.32. The van der Waals surface area contributed by atoms with Gasteiger partial charge in [0.2, 0.25) is 0 Å². The van der Waals surface area contributed by atoms with Crippen molar-refractivity contribution in [2.24, 2.45) is 0 Å². The fourth-order valence-corrected chi connectivity index (χ4v) is 2.00. The fraction of sp³-hybridized carbons (Fsp3) is 0. The standard InChI is InChI=1S/C15H11N3O2/c19-10-11-4-3-5-12(8-11)17-15(20)13-9-16-18-7-2-1-6-14(13)18/h1-10H,(H,17,20). The number of carbonyl (C=O) groups excluding carboxylic acids is 2. The molecule has 20 heavy (non-hydrogen) atoms. The third kappa shape index (κ3) is 2.16. The van der Waals surface area contributed by atoms with E-state index in [1.807, 2.05) is 18.2 Å². The third-order valence-electron chi connectivity index (χ3n) is 2.95. The Bertz CT molecular complexity index is 792. The second kappa shape index (κ2) is 4.97. The van der Waals surface area contributed by atoms with Gasteiger partial charge in [0.15, 0.2) is 0 Å². The van der Waals surface area contributed by atoms with Gasteiger partial charge in [0, 0.05) is 17.4 Å². The Hall–Kier alpha value is -2.95. The zero-order valence-corrected chi connectivity index (χ0v) is 10.5. The molecule has 0 aliphatic rings. The van der Waals surface area contributed by atoms with Crippen LogP contribution in [0.2, 0.25) is 0 Å². The topological polar surface area (TPSA) is 63.5 Å². The molecule has 0 unspecified atom stereocenters.